The molecule has 0 unspecified atom stereocenters. The van der Waals surface area contributed by atoms with Crippen molar-refractivity contribution in [3.05, 3.63) is 23.7 Å². The van der Waals surface area contributed by atoms with E-state index >= 15 is 0 Å². The Morgan fingerprint density at radius 3 is 2.78 bits per heavy atom. The van der Waals surface area contributed by atoms with Crippen molar-refractivity contribution in [1.29, 1.82) is 0 Å². The highest BCUT2D eigenvalue weighted by Gasteiger charge is 2.14. The zero-order valence-corrected chi connectivity index (χ0v) is 11.4. The molecule has 3 nitrogen and oxygen atoms in total. The van der Waals surface area contributed by atoms with Crippen molar-refractivity contribution in [3.8, 4) is 0 Å². The molecule has 1 N–H and O–H groups in total. The average Bonchev–Trinajstić information content (AvgIpc) is 2.67. The molecule has 0 saturated heterocycles. The summed E-state index contributed by atoms with van der Waals surface area (Å²) < 4.78 is 11.5. The lowest BCUT2D eigenvalue weighted by molar-refractivity contribution is 0.0302. The summed E-state index contributed by atoms with van der Waals surface area (Å²) in [5.74, 6) is 1.02. The molecule has 0 spiro atoms. The van der Waals surface area contributed by atoms with Crippen LogP contribution in [0.1, 0.15) is 56.8 Å². The predicted molar refractivity (Wildman–Crippen MR) is 72.4 cm³/mol. The Balaban J connectivity index is 1.79. The molecule has 3 heteroatoms. The van der Waals surface area contributed by atoms with Gasteiger partial charge < -0.3 is 14.5 Å². The summed E-state index contributed by atoms with van der Waals surface area (Å²) in [6.07, 6.45) is 10.0. The monoisotopic (exact) mass is 251 g/mol. The number of furan rings is 1. The fourth-order valence-electron chi connectivity index (χ4n) is 2.51. The highest BCUT2D eigenvalue weighted by molar-refractivity contribution is 5.15. The van der Waals surface area contributed by atoms with Gasteiger partial charge in [-0.15, -0.1) is 0 Å². The van der Waals surface area contributed by atoms with Gasteiger partial charge in [0.1, 0.15) is 5.76 Å². The minimum Gasteiger partial charge on any atom is -0.468 e. The van der Waals surface area contributed by atoms with Gasteiger partial charge in [0, 0.05) is 5.56 Å². The summed E-state index contributed by atoms with van der Waals surface area (Å²) >= 11 is 0. The van der Waals surface area contributed by atoms with Crippen LogP contribution in [0.15, 0.2) is 16.7 Å². The van der Waals surface area contributed by atoms with Crippen LogP contribution in [0.4, 0.5) is 0 Å². The number of nitrogens with one attached hydrogen (secondary N) is 1. The maximum Gasteiger partial charge on any atom is 0.123 e. The SMILES string of the molecule is CCNCc1occc1COC1CCCCCC1. The Morgan fingerprint density at radius 2 is 2.06 bits per heavy atom. The normalized spacial score (nSPS) is 17.8. The van der Waals surface area contributed by atoms with E-state index in [1.807, 2.05) is 6.07 Å². The summed E-state index contributed by atoms with van der Waals surface area (Å²) in [6, 6.07) is 2.03. The Morgan fingerprint density at radius 1 is 1.28 bits per heavy atom. The molecule has 0 aromatic carbocycles. The van der Waals surface area contributed by atoms with Crippen molar-refractivity contribution in [1.82, 2.24) is 5.32 Å². The maximum absolute atomic E-state index is 6.04. The first kappa shape index (κ1) is 13.6. The van der Waals surface area contributed by atoms with Crippen molar-refractivity contribution in [2.24, 2.45) is 0 Å². The van der Waals surface area contributed by atoms with Gasteiger partial charge in [-0.2, -0.15) is 0 Å². The minimum atomic E-state index is 0.453. The quantitative estimate of drug-likeness (QED) is 0.784. The van der Waals surface area contributed by atoms with Crippen LogP contribution >= 0.6 is 0 Å². The highest BCUT2D eigenvalue weighted by Crippen LogP contribution is 2.21. The van der Waals surface area contributed by atoms with Gasteiger partial charge in [-0.1, -0.05) is 32.6 Å². The van der Waals surface area contributed by atoms with Gasteiger partial charge in [-0.25, -0.2) is 0 Å². The fourth-order valence-corrected chi connectivity index (χ4v) is 2.51. The zero-order chi connectivity index (χ0) is 12.6. The molecule has 0 radical (unpaired) electrons. The molecular weight excluding hydrogens is 226 g/mol. The van der Waals surface area contributed by atoms with Crippen LogP contribution in [0.3, 0.4) is 0 Å². The molecule has 1 aromatic rings. The summed E-state index contributed by atoms with van der Waals surface area (Å²) in [7, 11) is 0. The van der Waals surface area contributed by atoms with E-state index in [1.54, 1.807) is 6.26 Å². The van der Waals surface area contributed by atoms with Crippen molar-refractivity contribution in [2.45, 2.75) is 64.7 Å². The molecule has 0 bridgehead atoms. The Hall–Kier alpha value is -0.800. The molecule has 0 atom stereocenters. The number of hydrogen-bond acceptors (Lipinski definition) is 3. The van der Waals surface area contributed by atoms with Gasteiger partial charge in [-0.3, -0.25) is 0 Å². The molecule has 18 heavy (non-hydrogen) atoms. The lowest BCUT2D eigenvalue weighted by Crippen LogP contribution is -2.14. The largest absolute Gasteiger partial charge is 0.468 e. The lowest BCUT2D eigenvalue weighted by Gasteiger charge is -2.15. The van der Waals surface area contributed by atoms with Crippen LogP contribution in [0.5, 0.6) is 0 Å². The molecule has 1 aliphatic carbocycles. The van der Waals surface area contributed by atoms with E-state index in [0.29, 0.717) is 12.7 Å². The molecular formula is C15H25NO2. The second kappa shape index (κ2) is 7.59. The van der Waals surface area contributed by atoms with Gasteiger partial charge >= 0.3 is 0 Å². The first-order valence-electron chi connectivity index (χ1n) is 7.27. The molecule has 0 aliphatic heterocycles. The lowest BCUT2D eigenvalue weighted by atomic mass is 10.1. The Bertz CT molecular complexity index is 327. The maximum atomic E-state index is 6.04. The first-order valence-corrected chi connectivity index (χ1v) is 7.27. The molecule has 2 rings (SSSR count). The molecule has 1 saturated carbocycles. The number of rotatable bonds is 6. The van der Waals surface area contributed by atoms with E-state index in [-0.39, 0.29) is 0 Å². The standard InChI is InChI=1S/C15H25NO2/c1-2-16-11-15-13(9-10-17-15)12-18-14-7-5-3-4-6-8-14/h9-10,14,16H,2-8,11-12H2,1H3. The molecule has 0 amide bonds. The molecule has 1 aliphatic rings. The average molecular weight is 251 g/mol. The summed E-state index contributed by atoms with van der Waals surface area (Å²) in [6.45, 7) is 4.56. The van der Waals surface area contributed by atoms with Crippen LogP contribution < -0.4 is 5.32 Å². The summed E-state index contributed by atoms with van der Waals surface area (Å²) in [5, 5.41) is 3.29. The summed E-state index contributed by atoms with van der Waals surface area (Å²) in [5.41, 5.74) is 1.19. The molecule has 1 aromatic heterocycles. The van der Waals surface area contributed by atoms with Gasteiger partial charge in [0.2, 0.25) is 0 Å². The van der Waals surface area contributed by atoms with Crippen molar-refractivity contribution in [2.75, 3.05) is 6.54 Å². The molecule has 1 heterocycles. The third-order valence-corrected chi connectivity index (χ3v) is 3.65. The minimum absolute atomic E-state index is 0.453. The fraction of sp³-hybridized carbons (Fsp3) is 0.733. The van der Waals surface area contributed by atoms with E-state index in [2.05, 4.69) is 12.2 Å². The van der Waals surface area contributed by atoms with E-state index in [4.69, 9.17) is 9.15 Å². The van der Waals surface area contributed by atoms with Crippen LogP contribution in [0, 0.1) is 0 Å². The third-order valence-electron chi connectivity index (χ3n) is 3.65. The summed E-state index contributed by atoms with van der Waals surface area (Å²) in [4.78, 5) is 0. The smallest absolute Gasteiger partial charge is 0.123 e. The topological polar surface area (TPSA) is 34.4 Å². The second-order valence-electron chi connectivity index (χ2n) is 5.07. The second-order valence-corrected chi connectivity index (χ2v) is 5.07. The molecule has 102 valence electrons. The Kier molecular flexibility index (Phi) is 5.75. The van der Waals surface area contributed by atoms with E-state index < -0.39 is 0 Å². The zero-order valence-electron chi connectivity index (χ0n) is 11.4. The molecule has 1 fully saturated rings. The van der Waals surface area contributed by atoms with E-state index in [0.717, 1.165) is 18.8 Å². The van der Waals surface area contributed by atoms with Crippen LogP contribution in [-0.2, 0) is 17.9 Å². The third kappa shape index (κ3) is 4.14. The van der Waals surface area contributed by atoms with Crippen LogP contribution in [0.2, 0.25) is 0 Å². The van der Waals surface area contributed by atoms with Gasteiger partial charge in [0.05, 0.1) is 25.5 Å². The van der Waals surface area contributed by atoms with Crippen molar-refractivity contribution in [3.63, 3.8) is 0 Å². The van der Waals surface area contributed by atoms with Crippen molar-refractivity contribution < 1.29 is 9.15 Å². The van der Waals surface area contributed by atoms with Crippen LogP contribution in [0.25, 0.3) is 0 Å². The van der Waals surface area contributed by atoms with Gasteiger partial charge in [0.15, 0.2) is 0 Å². The number of ether oxygens (including phenoxy) is 1. The van der Waals surface area contributed by atoms with Crippen molar-refractivity contribution >= 4 is 0 Å². The predicted octanol–water partition coefficient (Wildman–Crippen LogP) is 3.63. The van der Waals surface area contributed by atoms with Gasteiger partial charge in [0.25, 0.3) is 0 Å². The Labute approximate surface area is 110 Å². The van der Waals surface area contributed by atoms with E-state index in [9.17, 15) is 0 Å². The van der Waals surface area contributed by atoms with E-state index in [1.165, 1.54) is 44.1 Å². The highest BCUT2D eigenvalue weighted by atomic mass is 16.5. The first-order chi connectivity index (χ1) is 8.90. The van der Waals surface area contributed by atoms with Gasteiger partial charge in [-0.05, 0) is 25.5 Å². The number of hydrogen-bond donors (Lipinski definition) is 1. The van der Waals surface area contributed by atoms with Crippen LogP contribution in [-0.4, -0.2) is 12.6 Å².